The minimum atomic E-state index is -0.489. The molecule has 5 aromatic rings. The van der Waals surface area contributed by atoms with Gasteiger partial charge in [-0.3, -0.25) is 14.6 Å². The zero-order valence-electron chi connectivity index (χ0n) is 21.2. The van der Waals surface area contributed by atoms with E-state index in [0.29, 0.717) is 39.9 Å². The first-order valence-corrected chi connectivity index (χ1v) is 12.0. The number of nitrogens with one attached hydrogen (secondary N) is 2. The summed E-state index contributed by atoms with van der Waals surface area (Å²) in [4.78, 5) is 34.5. The average Bonchev–Trinajstić information content (AvgIpc) is 3.44. The summed E-state index contributed by atoms with van der Waals surface area (Å²) in [7, 11) is 3.05. The van der Waals surface area contributed by atoms with Crippen LogP contribution in [0.5, 0.6) is 11.5 Å². The highest BCUT2D eigenvalue weighted by molar-refractivity contribution is 6.08. The highest BCUT2D eigenvalue weighted by Crippen LogP contribution is 2.33. The second-order valence-electron chi connectivity index (χ2n) is 8.36. The van der Waals surface area contributed by atoms with Gasteiger partial charge in [-0.05, 0) is 60.7 Å². The summed E-state index contributed by atoms with van der Waals surface area (Å²) in [6, 6.07) is 24.7. The first-order chi connectivity index (χ1) is 19.1. The Balaban J connectivity index is 1.47. The van der Waals surface area contributed by atoms with Gasteiger partial charge in [0.25, 0.3) is 11.8 Å². The Labute approximate surface area is 224 Å². The van der Waals surface area contributed by atoms with E-state index in [1.165, 1.54) is 20.4 Å². The lowest BCUT2D eigenvalue weighted by Crippen LogP contribution is -2.14. The molecule has 0 radical (unpaired) electrons. The van der Waals surface area contributed by atoms with Crippen molar-refractivity contribution < 1.29 is 23.5 Å². The maximum absolute atomic E-state index is 13.5. The Morgan fingerprint density at radius 2 is 1.59 bits per heavy atom. The number of hydrogen-bond donors (Lipinski definition) is 2. The molecule has 0 bridgehead atoms. The third-order valence-corrected chi connectivity index (χ3v) is 5.85. The molecule has 0 aliphatic rings. The highest BCUT2D eigenvalue weighted by Gasteiger charge is 2.24. The lowest BCUT2D eigenvalue weighted by molar-refractivity contribution is 0.101. The number of rotatable bonds is 8. The highest BCUT2D eigenvalue weighted by atomic mass is 16.5. The van der Waals surface area contributed by atoms with Crippen molar-refractivity contribution in [2.45, 2.75) is 0 Å². The number of benzene rings is 3. The molecular weight excluding hydrogens is 496 g/mol. The molecule has 3 aromatic carbocycles. The number of ether oxygens (including phenoxy) is 2. The van der Waals surface area contributed by atoms with Crippen LogP contribution >= 0.6 is 0 Å². The van der Waals surface area contributed by atoms with Gasteiger partial charge < -0.3 is 24.5 Å². The minimum Gasteiger partial charge on any atom is -0.497 e. The fourth-order valence-corrected chi connectivity index (χ4v) is 3.87. The van der Waals surface area contributed by atoms with Gasteiger partial charge in [-0.1, -0.05) is 18.2 Å². The molecule has 9 heteroatoms. The summed E-state index contributed by atoms with van der Waals surface area (Å²) in [6.07, 6.45) is 3.09. The average molecular weight is 521 g/mol. The largest absolute Gasteiger partial charge is 0.497 e. The molecule has 0 unspecified atom stereocenters. The minimum absolute atomic E-state index is 0.0888. The second-order valence-corrected chi connectivity index (χ2v) is 8.36. The number of methoxy groups -OCH3 is 2. The summed E-state index contributed by atoms with van der Waals surface area (Å²) in [5, 5.41) is 5.68. The smallest absolute Gasteiger partial charge is 0.278 e. The van der Waals surface area contributed by atoms with Crippen molar-refractivity contribution in [3.63, 3.8) is 0 Å². The summed E-state index contributed by atoms with van der Waals surface area (Å²) >= 11 is 0. The number of aromatic nitrogens is 2. The van der Waals surface area contributed by atoms with Crippen LogP contribution in [-0.4, -0.2) is 36.0 Å². The quantitative estimate of drug-likeness (QED) is 0.261. The van der Waals surface area contributed by atoms with Gasteiger partial charge in [-0.25, -0.2) is 4.98 Å². The standard InChI is InChI=1S/C30H24N4O5/c1-37-23-14-15-25(38-2)24(17-23)33-29(36)26-27(39-30(34-26)20-7-4-3-5-8-20)19-10-12-22(13-11-19)32-28(35)21-9-6-16-31-18-21/h3-18H,1-2H3,(H,32,35)(H,33,36). The fraction of sp³-hybridized carbons (Fsp3) is 0.0667. The maximum Gasteiger partial charge on any atom is 0.278 e. The molecule has 2 heterocycles. The van der Waals surface area contributed by atoms with Gasteiger partial charge in [0.15, 0.2) is 11.5 Å². The molecular formula is C30H24N4O5. The van der Waals surface area contributed by atoms with Crippen molar-refractivity contribution in [3.8, 4) is 34.3 Å². The van der Waals surface area contributed by atoms with Gasteiger partial charge in [-0.2, -0.15) is 0 Å². The van der Waals surface area contributed by atoms with Crippen LogP contribution in [0.25, 0.3) is 22.8 Å². The van der Waals surface area contributed by atoms with Crippen molar-refractivity contribution in [1.29, 1.82) is 0 Å². The van der Waals surface area contributed by atoms with Crippen LogP contribution in [-0.2, 0) is 0 Å². The third kappa shape index (κ3) is 5.62. The Morgan fingerprint density at radius 3 is 2.28 bits per heavy atom. The number of oxazole rings is 1. The van der Waals surface area contributed by atoms with Crippen molar-refractivity contribution in [2.24, 2.45) is 0 Å². The van der Waals surface area contributed by atoms with E-state index < -0.39 is 5.91 Å². The van der Waals surface area contributed by atoms with E-state index in [0.717, 1.165) is 5.56 Å². The van der Waals surface area contributed by atoms with Gasteiger partial charge in [0.2, 0.25) is 5.89 Å². The molecule has 2 amide bonds. The van der Waals surface area contributed by atoms with E-state index in [1.54, 1.807) is 60.8 Å². The van der Waals surface area contributed by atoms with E-state index in [4.69, 9.17) is 13.9 Å². The zero-order valence-corrected chi connectivity index (χ0v) is 21.2. The van der Waals surface area contributed by atoms with Crippen molar-refractivity contribution in [1.82, 2.24) is 9.97 Å². The molecule has 5 rings (SSSR count). The summed E-state index contributed by atoms with van der Waals surface area (Å²) in [5.41, 5.74) is 2.85. The lowest BCUT2D eigenvalue weighted by atomic mass is 10.1. The van der Waals surface area contributed by atoms with Gasteiger partial charge in [0, 0.05) is 35.3 Å². The topological polar surface area (TPSA) is 116 Å². The molecule has 0 saturated heterocycles. The van der Waals surface area contributed by atoms with E-state index in [-0.39, 0.29) is 17.4 Å². The summed E-state index contributed by atoms with van der Waals surface area (Å²) < 4.78 is 16.8. The Morgan fingerprint density at radius 1 is 0.795 bits per heavy atom. The number of anilines is 2. The summed E-state index contributed by atoms with van der Waals surface area (Å²) in [5.74, 6) is 0.817. The monoisotopic (exact) mass is 520 g/mol. The van der Waals surface area contributed by atoms with Gasteiger partial charge in [0.05, 0.1) is 25.5 Å². The Kier molecular flexibility index (Phi) is 7.31. The van der Waals surface area contributed by atoms with E-state index in [2.05, 4.69) is 20.6 Å². The van der Waals surface area contributed by atoms with E-state index in [1.807, 2.05) is 30.3 Å². The molecule has 2 aromatic heterocycles. The maximum atomic E-state index is 13.5. The lowest BCUT2D eigenvalue weighted by Gasteiger charge is -2.11. The first kappa shape index (κ1) is 25.2. The predicted molar refractivity (Wildman–Crippen MR) is 147 cm³/mol. The van der Waals surface area contributed by atoms with Gasteiger partial charge >= 0.3 is 0 Å². The normalized spacial score (nSPS) is 10.5. The number of nitrogens with zero attached hydrogens (tertiary/aromatic N) is 2. The van der Waals surface area contributed by atoms with E-state index in [9.17, 15) is 9.59 Å². The van der Waals surface area contributed by atoms with Crippen LogP contribution < -0.4 is 20.1 Å². The van der Waals surface area contributed by atoms with Crippen LogP contribution in [0.1, 0.15) is 20.8 Å². The fourth-order valence-electron chi connectivity index (χ4n) is 3.87. The molecule has 0 saturated carbocycles. The molecule has 0 atom stereocenters. The van der Waals surface area contributed by atoms with Crippen LogP contribution in [0.2, 0.25) is 0 Å². The third-order valence-electron chi connectivity index (χ3n) is 5.85. The SMILES string of the molecule is COc1ccc(OC)c(NC(=O)c2nc(-c3ccccc3)oc2-c2ccc(NC(=O)c3cccnc3)cc2)c1. The first-order valence-electron chi connectivity index (χ1n) is 12.0. The van der Waals surface area contributed by atoms with Crippen LogP contribution in [0.15, 0.2) is 102 Å². The number of carbonyl (C=O) groups excluding carboxylic acids is 2. The van der Waals surface area contributed by atoms with Crippen LogP contribution in [0, 0.1) is 0 Å². The molecule has 0 aliphatic heterocycles. The molecule has 39 heavy (non-hydrogen) atoms. The van der Waals surface area contributed by atoms with Crippen LogP contribution in [0.4, 0.5) is 11.4 Å². The predicted octanol–water partition coefficient (Wildman–Crippen LogP) is 5.93. The van der Waals surface area contributed by atoms with Crippen LogP contribution in [0.3, 0.4) is 0 Å². The number of amides is 2. The number of hydrogen-bond acceptors (Lipinski definition) is 7. The molecule has 0 spiro atoms. The van der Waals surface area contributed by atoms with E-state index >= 15 is 0 Å². The Hall–Kier alpha value is -5.44. The van der Waals surface area contributed by atoms with Gasteiger partial charge in [0.1, 0.15) is 11.5 Å². The number of carbonyl (C=O) groups is 2. The Bertz CT molecular complexity index is 1600. The molecule has 0 fully saturated rings. The molecule has 2 N–H and O–H groups in total. The van der Waals surface area contributed by atoms with Gasteiger partial charge in [-0.15, -0.1) is 0 Å². The zero-order chi connectivity index (χ0) is 27.2. The van der Waals surface area contributed by atoms with Crippen molar-refractivity contribution in [3.05, 3.63) is 109 Å². The van der Waals surface area contributed by atoms with Crippen molar-refractivity contribution >= 4 is 23.2 Å². The molecule has 9 nitrogen and oxygen atoms in total. The van der Waals surface area contributed by atoms with Crippen molar-refractivity contribution in [2.75, 3.05) is 24.9 Å². The molecule has 194 valence electrons. The molecule has 0 aliphatic carbocycles. The second kappa shape index (κ2) is 11.3. The number of pyridine rings is 1. The summed E-state index contributed by atoms with van der Waals surface area (Å²) in [6.45, 7) is 0.